The van der Waals surface area contributed by atoms with E-state index < -0.39 is 0 Å². The molecule has 132 valence electrons. The number of rotatable bonds is 7. The van der Waals surface area contributed by atoms with Gasteiger partial charge in [-0.15, -0.1) is 11.3 Å². The van der Waals surface area contributed by atoms with Crippen molar-refractivity contribution in [3.8, 4) is 0 Å². The number of aliphatic hydroxyl groups is 1. The Labute approximate surface area is 150 Å². The van der Waals surface area contributed by atoms with E-state index in [1.165, 1.54) is 11.3 Å². The minimum atomic E-state index is -0.161. The summed E-state index contributed by atoms with van der Waals surface area (Å²) in [7, 11) is 0. The number of aromatic nitrogens is 1. The Morgan fingerprint density at radius 1 is 1.36 bits per heavy atom. The average molecular weight is 359 g/mol. The molecule has 2 heterocycles. The molecule has 1 saturated heterocycles. The Kier molecular flexibility index (Phi) is 5.78. The van der Waals surface area contributed by atoms with Crippen LogP contribution in [0.5, 0.6) is 0 Å². The van der Waals surface area contributed by atoms with Crippen LogP contribution in [-0.2, 0) is 16.1 Å². The third kappa shape index (κ3) is 4.43. The Morgan fingerprint density at radius 2 is 2.16 bits per heavy atom. The molecule has 1 aliphatic heterocycles. The van der Waals surface area contributed by atoms with Crippen molar-refractivity contribution in [1.82, 2.24) is 14.8 Å². The highest BCUT2D eigenvalue weighted by molar-refractivity contribution is 7.09. The summed E-state index contributed by atoms with van der Waals surface area (Å²) in [6.45, 7) is 1.09. The fourth-order valence-electron chi connectivity index (χ4n) is 3.04. The number of benzene rings is 1. The molecule has 1 aromatic heterocycles. The summed E-state index contributed by atoms with van der Waals surface area (Å²) >= 11 is 1.47. The Hall–Kier alpha value is -2.25. The van der Waals surface area contributed by atoms with E-state index in [0.29, 0.717) is 19.5 Å². The van der Waals surface area contributed by atoms with E-state index in [-0.39, 0.29) is 37.4 Å². The van der Waals surface area contributed by atoms with E-state index >= 15 is 0 Å². The molecule has 7 heteroatoms. The molecule has 0 radical (unpaired) electrons. The van der Waals surface area contributed by atoms with Crippen molar-refractivity contribution in [1.29, 1.82) is 0 Å². The van der Waals surface area contributed by atoms with Gasteiger partial charge >= 0.3 is 0 Å². The number of amides is 2. The maximum atomic E-state index is 12.6. The lowest BCUT2D eigenvalue weighted by molar-refractivity contribution is -0.139. The summed E-state index contributed by atoms with van der Waals surface area (Å²) in [5.41, 5.74) is 1.13. The lowest BCUT2D eigenvalue weighted by atomic mass is 9.99. The van der Waals surface area contributed by atoms with Crippen molar-refractivity contribution in [2.45, 2.75) is 18.9 Å². The third-order valence-electron chi connectivity index (χ3n) is 4.34. The van der Waals surface area contributed by atoms with Crippen molar-refractivity contribution >= 4 is 23.2 Å². The molecular weight excluding hydrogens is 338 g/mol. The number of aliphatic hydroxyl groups excluding tert-OH is 1. The first-order valence-electron chi connectivity index (χ1n) is 8.27. The van der Waals surface area contributed by atoms with Crippen LogP contribution in [0.25, 0.3) is 0 Å². The van der Waals surface area contributed by atoms with Crippen LogP contribution in [0.1, 0.15) is 22.9 Å². The third-order valence-corrected chi connectivity index (χ3v) is 5.11. The van der Waals surface area contributed by atoms with Crippen LogP contribution in [0.2, 0.25) is 0 Å². The summed E-state index contributed by atoms with van der Waals surface area (Å²) in [5, 5.41) is 11.9. The smallest absolute Gasteiger partial charge is 0.242 e. The van der Waals surface area contributed by atoms with Gasteiger partial charge in [0.2, 0.25) is 11.8 Å². The molecule has 1 fully saturated rings. The Bertz CT molecular complexity index is 706. The molecule has 0 saturated carbocycles. The van der Waals surface area contributed by atoms with Gasteiger partial charge in [0.05, 0.1) is 19.7 Å². The predicted molar refractivity (Wildman–Crippen MR) is 95.0 cm³/mol. The summed E-state index contributed by atoms with van der Waals surface area (Å²) in [4.78, 5) is 32.2. The van der Waals surface area contributed by atoms with Crippen LogP contribution < -0.4 is 0 Å². The molecule has 0 bridgehead atoms. The SMILES string of the molecule is O=C(CN1C[C@H](c2ccccc2)CC1=O)N(CCO)Cc1nccs1. The normalized spacial score (nSPS) is 17.1. The topological polar surface area (TPSA) is 73.7 Å². The van der Waals surface area contributed by atoms with Gasteiger partial charge in [0.1, 0.15) is 5.01 Å². The molecule has 1 N–H and O–H groups in total. The Morgan fingerprint density at radius 3 is 2.84 bits per heavy atom. The number of hydrogen-bond donors (Lipinski definition) is 1. The van der Waals surface area contributed by atoms with Gasteiger partial charge < -0.3 is 14.9 Å². The molecule has 1 atom stereocenters. The molecule has 2 aromatic rings. The summed E-state index contributed by atoms with van der Waals surface area (Å²) < 4.78 is 0. The summed E-state index contributed by atoms with van der Waals surface area (Å²) in [6, 6.07) is 9.91. The van der Waals surface area contributed by atoms with Crippen molar-refractivity contribution in [3.63, 3.8) is 0 Å². The number of hydrogen-bond acceptors (Lipinski definition) is 5. The number of carbonyl (C=O) groups is 2. The van der Waals surface area contributed by atoms with Gasteiger partial charge in [-0.1, -0.05) is 30.3 Å². The highest BCUT2D eigenvalue weighted by Gasteiger charge is 2.32. The second-order valence-corrected chi connectivity index (χ2v) is 7.03. The van der Waals surface area contributed by atoms with Crippen molar-refractivity contribution in [2.75, 3.05) is 26.2 Å². The molecule has 2 amide bonds. The van der Waals surface area contributed by atoms with Crippen LogP contribution in [0.4, 0.5) is 0 Å². The summed E-state index contributed by atoms with van der Waals surface area (Å²) in [6.07, 6.45) is 2.12. The zero-order valence-corrected chi connectivity index (χ0v) is 14.7. The van der Waals surface area contributed by atoms with Crippen molar-refractivity contribution < 1.29 is 14.7 Å². The van der Waals surface area contributed by atoms with Gasteiger partial charge in [0.15, 0.2) is 0 Å². The van der Waals surface area contributed by atoms with Crippen LogP contribution in [-0.4, -0.2) is 57.9 Å². The first-order chi connectivity index (χ1) is 12.2. The Balaban J connectivity index is 1.61. The van der Waals surface area contributed by atoms with Crippen molar-refractivity contribution in [2.24, 2.45) is 0 Å². The minimum Gasteiger partial charge on any atom is -0.395 e. The lowest BCUT2D eigenvalue weighted by Gasteiger charge is -2.24. The molecule has 25 heavy (non-hydrogen) atoms. The van der Waals surface area contributed by atoms with Crippen LogP contribution >= 0.6 is 11.3 Å². The van der Waals surface area contributed by atoms with Gasteiger partial charge in [-0.25, -0.2) is 4.98 Å². The highest BCUT2D eigenvalue weighted by atomic mass is 32.1. The number of nitrogens with zero attached hydrogens (tertiary/aromatic N) is 3. The molecule has 1 aliphatic rings. The van der Waals surface area contributed by atoms with Crippen LogP contribution in [0.3, 0.4) is 0 Å². The fourth-order valence-corrected chi connectivity index (χ4v) is 3.67. The minimum absolute atomic E-state index is 0.000371. The number of carbonyl (C=O) groups excluding carboxylic acids is 2. The maximum absolute atomic E-state index is 12.6. The van der Waals surface area contributed by atoms with E-state index in [9.17, 15) is 14.7 Å². The quantitative estimate of drug-likeness (QED) is 0.813. The highest BCUT2D eigenvalue weighted by Crippen LogP contribution is 2.27. The standard InChI is InChI=1S/C18H21N3O3S/c22-8-7-20(12-16-19-6-9-25-16)18(24)13-21-11-15(10-17(21)23)14-4-2-1-3-5-14/h1-6,9,15,22H,7-8,10-13H2/t15-/m1/s1. The summed E-state index contributed by atoms with van der Waals surface area (Å²) in [5.74, 6) is -0.0292. The fraction of sp³-hybridized carbons (Fsp3) is 0.389. The molecular formula is C18H21N3O3S. The van der Waals surface area contributed by atoms with E-state index in [1.54, 1.807) is 16.0 Å². The molecule has 1 aromatic carbocycles. The molecule has 0 aliphatic carbocycles. The monoisotopic (exact) mass is 359 g/mol. The van der Waals surface area contributed by atoms with Gasteiger partial charge in [0.25, 0.3) is 0 Å². The van der Waals surface area contributed by atoms with Crippen molar-refractivity contribution in [3.05, 3.63) is 52.5 Å². The van der Waals surface area contributed by atoms with Crippen LogP contribution in [0, 0.1) is 0 Å². The average Bonchev–Trinajstić information content (AvgIpc) is 3.25. The van der Waals surface area contributed by atoms with Gasteiger partial charge in [-0.2, -0.15) is 0 Å². The first-order valence-corrected chi connectivity index (χ1v) is 9.15. The van der Waals surface area contributed by atoms with E-state index in [0.717, 1.165) is 10.6 Å². The molecule has 0 unspecified atom stereocenters. The van der Waals surface area contributed by atoms with Gasteiger partial charge in [0, 0.05) is 37.0 Å². The van der Waals surface area contributed by atoms with Gasteiger partial charge in [-0.05, 0) is 5.56 Å². The lowest BCUT2D eigenvalue weighted by Crippen LogP contribution is -2.41. The maximum Gasteiger partial charge on any atom is 0.242 e. The second-order valence-electron chi connectivity index (χ2n) is 6.05. The predicted octanol–water partition coefficient (Wildman–Crippen LogP) is 1.48. The second kappa shape index (κ2) is 8.22. The van der Waals surface area contributed by atoms with E-state index in [2.05, 4.69) is 4.98 Å². The molecule has 3 rings (SSSR count). The van der Waals surface area contributed by atoms with Gasteiger partial charge in [-0.3, -0.25) is 9.59 Å². The van der Waals surface area contributed by atoms with Crippen LogP contribution in [0.15, 0.2) is 41.9 Å². The number of thiazole rings is 1. The molecule has 6 nitrogen and oxygen atoms in total. The first kappa shape index (κ1) is 17.6. The van der Waals surface area contributed by atoms with E-state index in [4.69, 9.17) is 0 Å². The largest absolute Gasteiger partial charge is 0.395 e. The number of likely N-dealkylation sites (tertiary alicyclic amines) is 1. The zero-order chi connectivity index (χ0) is 17.6. The zero-order valence-electron chi connectivity index (χ0n) is 13.9. The van der Waals surface area contributed by atoms with E-state index in [1.807, 2.05) is 35.7 Å². The molecule has 0 spiro atoms.